The van der Waals surface area contributed by atoms with Crippen molar-refractivity contribution in [3.63, 3.8) is 0 Å². The Hall–Kier alpha value is -1.36. The Morgan fingerprint density at radius 2 is 2.54 bits per heavy atom. The summed E-state index contributed by atoms with van der Waals surface area (Å²) in [6, 6.07) is 1.44. The molecule has 5 nitrogen and oxygen atoms in total. The average Bonchev–Trinajstić information content (AvgIpc) is 2.44. The summed E-state index contributed by atoms with van der Waals surface area (Å²) in [4.78, 5) is 10.6. The lowest BCUT2D eigenvalue weighted by Gasteiger charge is -2.26. The van der Waals surface area contributed by atoms with Crippen LogP contribution in [0.1, 0.15) is 10.5 Å². The highest BCUT2D eigenvalue weighted by molar-refractivity contribution is 5.83. The highest BCUT2D eigenvalue weighted by Gasteiger charge is 2.20. The molecule has 5 heteroatoms. The van der Waals surface area contributed by atoms with Crippen LogP contribution in [0.2, 0.25) is 0 Å². The second-order valence-corrected chi connectivity index (χ2v) is 3.09. The summed E-state index contributed by atoms with van der Waals surface area (Å²) < 4.78 is 6.43. The minimum Gasteiger partial charge on any atom is -0.543 e. The number of rotatable bonds is 3. The fraction of sp³-hybridized carbons (Fsp3) is 0.500. The molecule has 0 saturated carbocycles. The molecule has 1 aromatic heterocycles. The highest BCUT2D eigenvalue weighted by Crippen LogP contribution is 2.13. The minimum atomic E-state index is -1.18. The average molecular weight is 181 g/mol. The van der Waals surface area contributed by atoms with E-state index in [1.165, 1.54) is 16.9 Å². The predicted molar refractivity (Wildman–Crippen MR) is 40.9 cm³/mol. The van der Waals surface area contributed by atoms with Crippen molar-refractivity contribution >= 4 is 5.97 Å². The second kappa shape index (κ2) is 3.18. The number of aromatic carboxylic acids is 1. The molecule has 70 valence electrons. The molecule has 1 saturated heterocycles. The Kier molecular flexibility index (Phi) is 2.02. The van der Waals surface area contributed by atoms with E-state index in [-0.39, 0.29) is 5.69 Å². The van der Waals surface area contributed by atoms with E-state index in [9.17, 15) is 9.90 Å². The quantitative estimate of drug-likeness (QED) is 0.593. The fourth-order valence-electron chi connectivity index (χ4n) is 1.29. The first kappa shape index (κ1) is 8.25. The van der Waals surface area contributed by atoms with Gasteiger partial charge in [-0.1, -0.05) is 0 Å². The van der Waals surface area contributed by atoms with Crippen LogP contribution in [0, 0.1) is 5.92 Å². The molecule has 0 amide bonds. The molecule has 2 rings (SSSR count). The van der Waals surface area contributed by atoms with E-state index >= 15 is 0 Å². The third-order valence-corrected chi connectivity index (χ3v) is 2.06. The van der Waals surface area contributed by atoms with Crippen molar-refractivity contribution < 1.29 is 14.6 Å². The maximum Gasteiger partial charge on any atom is 0.0896 e. The van der Waals surface area contributed by atoms with Crippen LogP contribution in [-0.4, -0.2) is 29.0 Å². The zero-order valence-electron chi connectivity index (χ0n) is 6.97. The molecule has 0 atom stereocenters. The standard InChI is InChI=1S/C8H10N2O3/c11-8(12)7-1-2-9-10(7)3-6-4-13-5-6/h1-2,6H,3-5H2,(H,11,12)/p-1. The molecular weight excluding hydrogens is 172 g/mol. The van der Waals surface area contributed by atoms with Crippen molar-refractivity contribution in [2.24, 2.45) is 5.92 Å². The maximum absolute atomic E-state index is 10.6. The molecule has 13 heavy (non-hydrogen) atoms. The van der Waals surface area contributed by atoms with Gasteiger partial charge in [0.25, 0.3) is 0 Å². The number of carbonyl (C=O) groups excluding carboxylic acids is 1. The summed E-state index contributed by atoms with van der Waals surface area (Å²) in [5.41, 5.74) is 0.131. The largest absolute Gasteiger partial charge is 0.543 e. The first-order valence-corrected chi connectivity index (χ1v) is 4.08. The summed E-state index contributed by atoms with van der Waals surface area (Å²) in [6.45, 7) is 1.97. The van der Waals surface area contributed by atoms with Gasteiger partial charge in [0.2, 0.25) is 0 Å². The van der Waals surface area contributed by atoms with Gasteiger partial charge in [-0.05, 0) is 6.07 Å². The van der Waals surface area contributed by atoms with E-state index in [1.54, 1.807) is 0 Å². The van der Waals surface area contributed by atoms with Crippen molar-refractivity contribution in [1.29, 1.82) is 0 Å². The number of carboxylic acids is 1. The van der Waals surface area contributed by atoms with Crippen LogP contribution in [0.3, 0.4) is 0 Å². The Balaban J connectivity index is 2.09. The highest BCUT2D eigenvalue weighted by atomic mass is 16.5. The Bertz CT molecular complexity index is 317. The van der Waals surface area contributed by atoms with Gasteiger partial charge in [0.1, 0.15) is 0 Å². The van der Waals surface area contributed by atoms with Gasteiger partial charge in [0.05, 0.1) is 24.9 Å². The Morgan fingerprint density at radius 1 is 1.77 bits per heavy atom. The Labute approximate surface area is 74.9 Å². The number of ether oxygens (including phenoxy) is 1. The van der Waals surface area contributed by atoms with Crippen LogP contribution in [0.4, 0.5) is 0 Å². The normalized spacial score (nSPS) is 16.9. The zero-order chi connectivity index (χ0) is 9.26. The summed E-state index contributed by atoms with van der Waals surface area (Å²) in [5.74, 6) is -0.796. The summed E-state index contributed by atoms with van der Waals surface area (Å²) >= 11 is 0. The van der Waals surface area contributed by atoms with E-state index in [0.717, 1.165) is 0 Å². The van der Waals surface area contributed by atoms with Crippen molar-refractivity contribution in [3.8, 4) is 0 Å². The summed E-state index contributed by atoms with van der Waals surface area (Å²) in [6.07, 6.45) is 1.46. The molecule has 1 aliphatic rings. The van der Waals surface area contributed by atoms with Gasteiger partial charge in [0.15, 0.2) is 0 Å². The zero-order valence-corrected chi connectivity index (χ0v) is 6.97. The number of carbonyl (C=O) groups is 1. The fourth-order valence-corrected chi connectivity index (χ4v) is 1.29. The first-order valence-electron chi connectivity index (χ1n) is 4.08. The summed E-state index contributed by atoms with van der Waals surface area (Å²) in [7, 11) is 0. The second-order valence-electron chi connectivity index (χ2n) is 3.09. The molecule has 0 N–H and O–H groups in total. The molecule has 0 aliphatic carbocycles. The van der Waals surface area contributed by atoms with Gasteiger partial charge < -0.3 is 14.6 Å². The van der Waals surface area contributed by atoms with Gasteiger partial charge in [-0.3, -0.25) is 4.68 Å². The SMILES string of the molecule is O=C([O-])c1ccnn1CC1COC1. The van der Waals surface area contributed by atoms with E-state index in [1.807, 2.05) is 0 Å². The van der Waals surface area contributed by atoms with Gasteiger partial charge in [-0.25, -0.2) is 0 Å². The molecule has 0 radical (unpaired) electrons. The molecule has 0 bridgehead atoms. The minimum absolute atomic E-state index is 0.131. The maximum atomic E-state index is 10.6. The number of hydrogen-bond acceptors (Lipinski definition) is 4. The Morgan fingerprint density at radius 3 is 3.08 bits per heavy atom. The van der Waals surface area contributed by atoms with Crippen molar-refractivity contribution in [1.82, 2.24) is 9.78 Å². The van der Waals surface area contributed by atoms with E-state index < -0.39 is 5.97 Å². The smallest absolute Gasteiger partial charge is 0.0896 e. The lowest BCUT2D eigenvalue weighted by molar-refractivity contribution is -0.255. The lowest BCUT2D eigenvalue weighted by Crippen LogP contribution is -2.34. The molecule has 1 aliphatic heterocycles. The molecular formula is C8H9N2O3-. The van der Waals surface area contributed by atoms with Gasteiger partial charge >= 0.3 is 0 Å². The summed E-state index contributed by atoms with van der Waals surface area (Å²) in [5, 5.41) is 14.5. The lowest BCUT2D eigenvalue weighted by atomic mass is 10.1. The van der Waals surface area contributed by atoms with Crippen LogP contribution in [0.25, 0.3) is 0 Å². The molecule has 1 aromatic rings. The first-order chi connectivity index (χ1) is 6.27. The predicted octanol–water partition coefficient (Wildman–Crippen LogP) is -1.11. The number of nitrogens with zero attached hydrogens (tertiary/aromatic N) is 2. The van der Waals surface area contributed by atoms with E-state index in [0.29, 0.717) is 25.7 Å². The van der Waals surface area contributed by atoms with Crippen LogP contribution in [0.5, 0.6) is 0 Å². The van der Waals surface area contributed by atoms with Crippen LogP contribution >= 0.6 is 0 Å². The van der Waals surface area contributed by atoms with Crippen molar-refractivity contribution in [3.05, 3.63) is 18.0 Å². The van der Waals surface area contributed by atoms with Gasteiger partial charge in [-0.15, -0.1) is 0 Å². The molecule has 0 unspecified atom stereocenters. The van der Waals surface area contributed by atoms with Crippen LogP contribution in [0.15, 0.2) is 12.3 Å². The number of hydrogen-bond donors (Lipinski definition) is 0. The monoisotopic (exact) mass is 181 g/mol. The van der Waals surface area contributed by atoms with Crippen LogP contribution in [-0.2, 0) is 11.3 Å². The molecule has 0 aromatic carbocycles. The molecule has 0 spiro atoms. The van der Waals surface area contributed by atoms with Crippen LogP contribution < -0.4 is 5.11 Å². The van der Waals surface area contributed by atoms with E-state index in [4.69, 9.17) is 4.74 Å². The molecule has 2 heterocycles. The molecule has 1 fully saturated rings. The van der Waals surface area contributed by atoms with Crippen molar-refractivity contribution in [2.45, 2.75) is 6.54 Å². The van der Waals surface area contributed by atoms with E-state index in [2.05, 4.69) is 5.10 Å². The van der Waals surface area contributed by atoms with Gasteiger partial charge in [-0.2, -0.15) is 5.10 Å². The third kappa shape index (κ3) is 1.55. The third-order valence-electron chi connectivity index (χ3n) is 2.06. The van der Waals surface area contributed by atoms with Gasteiger partial charge in [0, 0.05) is 18.7 Å². The number of carboxylic acid groups (broad SMARTS) is 1. The number of aromatic nitrogens is 2. The van der Waals surface area contributed by atoms with Crippen molar-refractivity contribution in [2.75, 3.05) is 13.2 Å². The topological polar surface area (TPSA) is 67.2 Å².